The topological polar surface area (TPSA) is 350 Å². The second-order valence-electron chi connectivity index (χ2n) is 8.90. The Bertz CT molecular complexity index is 1790. The van der Waals surface area contributed by atoms with E-state index in [2.05, 4.69) is 19.9 Å². The van der Waals surface area contributed by atoms with Crippen molar-refractivity contribution in [1.29, 1.82) is 0 Å². The number of carboxylic acid groups (broad SMARTS) is 8. The SMILES string of the molecule is C.O=C(O)c1cnc(-c2cc(C(=O)O)c(C(=O)O)cn2)cc1C(=O)O.O=C(O)c1cnc(-c2cc(C(=O)O)c(C(=O)O)cn2)cc1C(=O)O.[Cu]. The van der Waals surface area contributed by atoms with Crippen molar-refractivity contribution in [2.45, 2.75) is 7.43 Å². The van der Waals surface area contributed by atoms with E-state index in [1.54, 1.807) is 0 Å². The van der Waals surface area contributed by atoms with Gasteiger partial charge in [-0.25, -0.2) is 38.4 Å². The molecule has 20 nitrogen and oxygen atoms in total. The zero-order valence-electron chi connectivity index (χ0n) is 23.6. The van der Waals surface area contributed by atoms with Crippen LogP contribution in [0.25, 0.3) is 22.8 Å². The van der Waals surface area contributed by atoms with Crippen LogP contribution < -0.4 is 0 Å². The fraction of sp³-hybridized carbons (Fsp3) is 0.0345. The van der Waals surface area contributed by atoms with E-state index in [1.807, 2.05) is 0 Å². The van der Waals surface area contributed by atoms with Gasteiger partial charge in [0.2, 0.25) is 0 Å². The molecule has 263 valence electrons. The summed E-state index contributed by atoms with van der Waals surface area (Å²) in [6.07, 6.45) is 3.20. The van der Waals surface area contributed by atoms with Crippen molar-refractivity contribution < 1.29 is 96.3 Å². The number of hydrogen-bond acceptors (Lipinski definition) is 12. The third-order valence-corrected chi connectivity index (χ3v) is 5.98. The fourth-order valence-corrected chi connectivity index (χ4v) is 3.77. The fourth-order valence-electron chi connectivity index (χ4n) is 3.77. The molecule has 0 saturated heterocycles. The molecule has 0 bridgehead atoms. The van der Waals surface area contributed by atoms with E-state index in [9.17, 15) is 38.4 Å². The number of aromatic nitrogens is 4. The predicted octanol–water partition coefficient (Wildman–Crippen LogP) is 2.51. The number of carboxylic acids is 8. The monoisotopic (exact) mass is 743 g/mol. The van der Waals surface area contributed by atoms with Crippen LogP contribution in [0.3, 0.4) is 0 Å². The molecule has 0 aliphatic carbocycles. The first-order valence-corrected chi connectivity index (χ1v) is 12.3. The number of carbonyl (C=O) groups is 8. The van der Waals surface area contributed by atoms with Crippen molar-refractivity contribution in [3.8, 4) is 22.8 Å². The van der Waals surface area contributed by atoms with Crippen molar-refractivity contribution in [2.24, 2.45) is 0 Å². The molecule has 0 aliphatic rings. The summed E-state index contributed by atoms with van der Waals surface area (Å²) in [6.45, 7) is 0. The first-order chi connectivity index (χ1) is 22.4. The summed E-state index contributed by atoms with van der Waals surface area (Å²) in [5.74, 6) is -12.0. The summed E-state index contributed by atoms with van der Waals surface area (Å²) in [4.78, 5) is 103. The molecule has 0 saturated carbocycles. The van der Waals surface area contributed by atoms with Gasteiger partial charge < -0.3 is 40.9 Å². The molecule has 50 heavy (non-hydrogen) atoms. The van der Waals surface area contributed by atoms with Gasteiger partial charge in [0.1, 0.15) is 0 Å². The number of rotatable bonds is 10. The Labute approximate surface area is 287 Å². The van der Waals surface area contributed by atoms with E-state index in [1.165, 1.54) is 0 Å². The van der Waals surface area contributed by atoms with Gasteiger partial charge in [-0.05, 0) is 24.3 Å². The predicted molar refractivity (Wildman–Crippen MR) is 157 cm³/mol. The van der Waals surface area contributed by atoms with Crippen molar-refractivity contribution in [3.05, 3.63) is 93.6 Å². The first kappa shape index (κ1) is 40.9. The zero-order valence-corrected chi connectivity index (χ0v) is 24.5. The standard InChI is InChI=1S/2C14H8N2O8.CH4.Cu/c2*17-11(18)5-1-9(15-3-7(5)13(21)22)10-2-6(12(19)20)8(4-16-10)14(23)24;;/h2*1-4H,(H,17,18)(H,19,20)(H,21,22)(H,23,24);1H4;. The van der Waals surface area contributed by atoms with Crippen LogP contribution in [-0.2, 0) is 17.1 Å². The summed E-state index contributed by atoms with van der Waals surface area (Å²) in [7, 11) is 0. The van der Waals surface area contributed by atoms with Gasteiger partial charge in [-0.3, -0.25) is 19.9 Å². The van der Waals surface area contributed by atoms with E-state index in [-0.39, 0.29) is 47.3 Å². The zero-order chi connectivity index (χ0) is 36.0. The molecule has 1 radical (unpaired) electrons. The summed E-state index contributed by atoms with van der Waals surface area (Å²) < 4.78 is 0. The Morgan fingerprint density at radius 1 is 0.320 bits per heavy atom. The van der Waals surface area contributed by atoms with Crippen molar-refractivity contribution in [1.82, 2.24) is 19.9 Å². The first-order valence-electron chi connectivity index (χ1n) is 12.3. The van der Waals surface area contributed by atoms with Crippen LogP contribution in [0.2, 0.25) is 0 Å². The van der Waals surface area contributed by atoms with Crippen LogP contribution in [0, 0.1) is 0 Å². The molecule has 0 spiro atoms. The molecule has 21 heteroatoms. The van der Waals surface area contributed by atoms with Crippen LogP contribution in [0.5, 0.6) is 0 Å². The second kappa shape index (κ2) is 16.6. The maximum Gasteiger partial charge on any atom is 0.338 e. The Morgan fingerprint density at radius 2 is 0.460 bits per heavy atom. The van der Waals surface area contributed by atoms with Crippen molar-refractivity contribution in [3.63, 3.8) is 0 Å². The molecule has 4 rings (SSSR count). The Kier molecular flexibility index (Phi) is 13.6. The number of hydrogen-bond donors (Lipinski definition) is 8. The normalized spacial score (nSPS) is 9.76. The Morgan fingerprint density at radius 3 is 0.580 bits per heavy atom. The van der Waals surface area contributed by atoms with Gasteiger partial charge in [0.25, 0.3) is 0 Å². The Hall–Kier alpha value is -7.12. The van der Waals surface area contributed by atoms with E-state index in [4.69, 9.17) is 40.9 Å². The molecule has 0 aliphatic heterocycles. The van der Waals surface area contributed by atoms with Gasteiger partial charge in [0.05, 0.1) is 67.3 Å². The number of aromatic carboxylic acids is 8. The molecule has 0 aromatic carbocycles. The largest absolute Gasteiger partial charge is 0.478 e. The van der Waals surface area contributed by atoms with E-state index < -0.39 is 92.3 Å². The number of nitrogens with zero attached hydrogens (tertiary/aromatic N) is 4. The van der Waals surface area contributed by atoms with E-state index in [0.29, 0.717) is 0 Å². The molecule has 0 unspecified atom stereocenters. The summed E-state index contributed by atoms with van der Waals surface area (Å²) in [5, 5.41) is 72.0. The van der Waals surface area contributed by atoms with Gasteiger partial charge in [0.15, 0.2) is 0 Å². The maximum atomic E-state index is 11.1. The van der Waals surface area contributed by atoms with Crippen molar-refractivity contribution in [2.75, 3.05) is 0 Å². The molecule has 4 aromatic heterocycles. The minimum atomic E-state index is -1.52. The van der Waals surface area contributed by atoms with Gasteiger partial charge in [-0.15, -0.1) is 0 Å². The molecule has 0 amide bonds. The average molecular weight is 744 g/mol. The van der Waals surface area contributed by atoms with E-state index >= 15 is 0 Å². The summed E-state index contributed by atoms with van der Waals surface area (Å²) in [6, 6.07) is 3.67. The van der Waals surface area contributed by atoms with Gasteiger partial charge >= 0.3 is 47.8 Å². The third kappa shape index (κ3) is 9.02. The molecular weight excluding hydrogens is 724 g/mol. The van der Waals surface area contributed by atoms with Crippen LogP contribution in [0.4, 0.5) is 0 Å². The summed E-state index contributed by atoms with van der Waals surface area (Å²) in [5.41, 5.74) is -4.90. The average Bonchev–Trinajstić information content (AvgIpc) is 3.03. The quantitative estimate of drug-likeness (QED) is 0.108. The molecular formula is C29H20CuN4O16. The van der Waals surface area contributed by atoms with Crippen LogP contribution in [-0.4, -0.2) is 109 Å². The van der Waals surface area contributed by atoms with Crippen molar-refractivity contribution >= 4 is 47.8 Å². The molecule has 8 N–H and O–H groups in total. The molecule has 4 aromatic rings. The van der Waals surface area contributed by atoms with Gasteiger partial charge in [0, 0.05) is 41.9 Å². The van der Waals surface area contributed by atoms with Gasteiger partial charge in [-0.1, -0.05) is 7.43 Å². The van der Waals surface area contributed by atoms with Crippen LogP contribution in [0.15, 0.2) is 49.1 Å². The van der Waals surface area contributed by atoms with Crippen LogP contribution in [0.1, 0.15) is 90.3 Å². The van der Waals surface area contributed by atoms with E-state index in [0.717, 1.165) is 49.1 Å². The second-order valence-corrected chi connectivity index (χ2v) is 8.90. The smallest absolute Gasteiger partial charge is 0.338 e. The molecule has 0 atom stereocenters. The van der Waals surface area contributed by atoms with Gasteiger partial charge in [-0.2, -0.15) is 0 Å². The summed E-state index contributed by atoms with van der Waals surface area (Å²) >= 11 is 0. The molecule has 4 heterocycles. The number of pyridine rings is 4. The minimum Gasteiger partial charge on any atom is -0.478 e. The molecule has 0 fully saturated rings. The maximum absolute atomic E-state index is 11.1. The van der Waals surface area contributed by atoms with Crippen LogP contribution >= 0.6 is 0 Å². The third-order valence-electron chi connectivity index (χ3n) is 5.98. The minimum absolute atomic E-state index is 0. The Balaban J connectivity index is 0.000000481.